The molecule has 0 heterocycles. The first-order valence-electron chi connectivity index (χ1n) is 6.60. The van der Waals surface area contributed by atoms with Gasteiger partial charge in [0, 0.05) is 18.5 Å². The second-order valence-corrected chi connectivity index (χ2v) is 5.25. The summed E-state index contributed by atoms with van der Waals surface area (Å²) in [5.74, 6) is -2.68. The first-order valence-corrected chi connectivity index (χ1v) is 6.60. The third-order valence-corrected chi connectivity index (χ3v) is 2.93. The van der Waals surface area contributed by atoms with Crippen molar-refractivity contribution in [3.63, 3.8) is 0 Å². The van der Waals surface area contributed by atoms with Crippen molar-refractivity contribution in [3.05, 3.63) is 29.3 Å². The van der Waals surface area contributed by atoms with Gasteiger partial charge in [0.15, 0.2) is 0 Å². The number of rotatable bonds is 5. The number of hydrogen-bond acceptors (Lipinski definition) is 2. The van der Waals surface area contributed by atoms with E-state index >= 15 is 0 Å². The van der Waals surface area contributed by atoms with Gasteiger partial charge in [0.25, 0.3) is 0 Å². The van der Waals surface area contributed by atoms with Gasteiger partial charge in [-0.2, -0.15) is 26.3 Å². The summed E-state index contributed by atoms with van der Waals surface area (Å²) in [7, 11) is 0. The molecular weight excluding hydrogens is 344 g/mol. The van der Waals surface area contributed by atoms with Crippen molar-refractivity contribution < 1.29 is 41.0 Å². The number of aliphatic carboxylic acids is 1. The molecule has 1 atom stereocenters. The summed E-state index contributed by atoms with van der Waals surface area (Å²) < 4.78 is 76.1. The Kier molecular flexibility index (Phi) is 5.85. The van der Waals surface area contributed by atoms with Gasteiger partial charge in [-0.05, 0) is 24.1 Å². The van der Waals surface area contributed by atoms with E-state index in [9.17, 15) is 35.9 Å². The molecule has 1 aromatic carbocycles. The first kappa shape index (κ1) is 19.8. The van der Waals surface area contributed by atoms with Crippen LogP contribution < -0.4 is 5.32 Å². The lowest BCUT2D eigenvalue weighted by Gasteiger charge is -2.15. The van der Waals surface area contributed by atoms with Gasteiger partial charge in [-0.25, -0.2) is 0 Å². The number of carbonyl (C=O) groups excluding carboxylic acids is 1. The molecule has 4 nitrogen and oxygen atoms in total. The van der Waals surface area contributed by atoms with Crippen molar-refractivity contribution in [2.75, 3.05) is 5.32 Å². The predicted molar refractivity (Wildman–Crippen MR) is 71.1 cm³/mol. The Morgan fingerprint density at radius 3 is 1.83 bits per heavy atom. The molecular formula is C14H13F6NO3. The summed E-state index contributed by atoms with van der Waals surface area (Å²) in [5.41, 5.74) is -3.76. The van der Waals surface area contributed by atoms with Crippen LogP contribution in [0.25, 0.3) is 0 Å². The van der Waals surface area contributed by atoms with Crippen LogP contribution in [0.5, 0.6) is 0 Å². The van der Waals surface area contributed by atoms with E-state index in [1.807, 2.05) is 5.32 Å². The van der Waals surface area contributed by atoms with Gasteiger partial charge in [-0.3, -0.25) is 9.59 Å². The smallest absolute Gasteiger partial charge is 0.416 e. The number of halogens is 6. The first-order chi connectivity index (χ1) is 10.8. The van der Waals surface area contributed by atoms with Crippen molar-refractivity contribution in [1.82, 2.24) is 0 Å². The highest BCUT2D eigenvalue weighted by Gasteiger charge is 2.37. The fourth-order valence-electron chi connectivity index (χ4n) is 1.93. The van der Waals surface area contributed by atoms with E-state index in [4.69, 9.17) is 5.11 Å². The third-order valence-electron chi connectivity index (χ3n) is 2.93. The second kappa shape index (κ2) is 7.10. The van der Waals surface area contributed by atoms with Gasteiger partial charge in [0.2, 0.25) is 5.91 Å². The van der Waals surface area contributed by atoms with Crippen molar-refractivity contribution in [2.24, 2.45) is 5.92 Å². The van der Waals surface area contributed by atoms with Crippen LogP contribution in [-0.2, 0) is 21.9 Å². The molecule has 0 aliphatic carbocycles. The largest absolute Gasteiger partial charge is 0.481 e. The van der Waals surface area contributed by atoms with Gasteiger partial charge in [-0.1, -0.05) is 6.92 Å². The maximum atomic E-state index is 12.7. The highest BCUT2D eigenvalue weighted by molar-refractivity contribution is 5.91. The minimum Gasteiger partial charge on any atom is -0.481 e. The molecule has 134 valence electrons. The fourth-order valence-corrected chi connectivity index (χ4v) is 1.93. The molecule has 10 heteroatoms. The molecule has 0 saturated carbocycles. The van der Waals surface area contributed by atoms with E-state index in [2.05, 4.69) is 0 Å². The van der Waals surface area contributed by atoms with Crippen LogP contribution in [0.4, 0.5) is 32.0 Å². The number of amides is 1. The summed E-state index contributed by atoms with van der Waals surface area (Å²) in [6.45, 7) is 1.42. The number of nitrogens with one attached hydrogen (secondary N) is 1. The molecule has 2 N–H and O–H groups in total. The van der Waals surface area contributed by atoms with Gasteiger partial charge >= 0.3 is 18.3 Å². The van der Waals surface area contributed by atoms with E-state index in [0.29, 0.717) is 12.1 Å². The molecule has 0 aliphatic heterocycles. The van der Waals surface area contributed by atoms with Crippen LogP contribution in [-0.4, -0.2) is 17.0 Å². The number of benzene rings is 1. The molecule has 0 bridgehead atoms. The van der Waals surface area contributed by atoms with E-state index in [0.717, 1.165) is 0 Å². The van der Waals surface area contributed by atoms with Crippen molar-refractivity contribution in [1.29, 1.82) is 0 Å². The summed E-state index contributed by atoms with van der Waals surface area (Å²) in [4.78, 5) is 22.1. The summed E-state index contributed by atoms with van der Waals surface area (Å²) >= 11 is 0. The zero-order chi connectivity index (χ0) is 18.7. The topological polar surface area (TPSA) is 66.4 Å². The van der Waals surface area contributed by atoms with Crippen molar-refractivity contribution in [3.8, 4) is 0 Å². The molecule has 1 aromatic rings. The Bertz CT molecular complexity index is 592. The number of carboxylic acids is 1. The summed E-state index contributed by atoms with van der Waals surface area (Å²) in [6.07, 6.45) is -10.7. The summed E-state index contributed by atoms with van der Waals surface area (Å²) in [5, 5.41) is 10.5. The zero-order valence-corrected chi connectivity index (χ0v) is 12.3. The van der Waals surface area contributed by atoms with Crippen LogP contribution in [0.15, 0.2) is 18.2 Å². The van der Waals surface area contributed by atoms with Crippen LogP contribution in [0.1, 0.15) is 30.9 Å². The van der Waals surface area contributed by atoms with Crippen LogP contribution in [0.3, 0.4) is 0 Å². The lowest BCUT2D eigenvalue weighted by Crippen LogP contribution is -2.18. The van der Waals surface area contributed by atoms with E-state index in [1.54, 1.807) is 0 Å². The quantitative estimate of drug-likeness (QED) is 0.778. The Labute approximate surface area is 132 Å². The number of anilines is 1. The number of carboxylic acid groups (broad SMARTS) is 1. The molecule has 0 saturated heterocycles. The van der Waals surface area contributed by atoms with E-state index in [-0.39, 0.29) is 18.9 Å². The Morgan fingerprint density at radius 2 is 1.46 bits per heavy atom. The lowest BCUT2D eigenvalue weighted by molar-refractivity contribution is -0.143. The monoisotopic (exact) mass is 357 g/mol. The SMILES string of the molecule is C[C@@H](CC(=O)O)CC(=O)Nc1cc(C(F)(F)F)cc(C(F)(F)F)c1. The Balaban J connectivity index is 3.02. The molecule has 0 fully saturated rings. The van der Waals surface area contributed by atoms with Gasteiger partial charge in [0.05, 0.1) is 11.1 Å². The van der Waals surface area contributed by atoms with Crippen LogP contribution in [0, 0.1) is 5.92 Å². The van der Waals surface area contributed by atoms with Crippen molar-refractivity contribution >= 4 is 17.6 Å². The third kappa shape index (κ3) is 6.09. The summed E-state index contributed by atoms with van der Waals surface area (Å²) in [6, 6.07) is 0.715. The molecule has 1 amide bonds. The normalized spacial score (nSPS) is 13.5. The minimum atomic E-state index is -5.02. The Hall–Kier alpha value is -2.26. The van der Waals surface area contributed by atoms with E-state index in [1.165, 1.54) is 6.92 Å². The van der Waals surface area contributed by atoms with Gasteiger partial charge < -0.3 is 10.4 Å². The lowest BCUT2D eigenvalue weighted by atomic mass is 10.0. The maximum Gasteiger partial charge on any atom is 0.416 e. The average molecular weight is 357 g/mol. The maximum absolute atomic E-state index is 12.7. The highest BCUT2D eigenvalue weighted by Crippen LogP contribution is 2.37. The molecule has 24 heavy (non-hydrogen) atoms. The highest BCUT2D eigenvalue weighted by atomic mass is 19.4. The number of carbonyl (C=O) groups is 2. The van der Waals surface area contributed by atoms with Crippen molar-refractivity contribution in [2.45, 2.75) is 32.1 Å². The van der Waals surface area contributed by atoms with Crippen LogP contribution in [0.2, 0.25) is 0 Å². The molecule has 0 aromatic heterocycles. The molecule has 1 rings (SSSR count). The van der Waals surface area contributed by atoms with E-state index < -0.39 is 47.0 Å². The molecule has 0 radical (unpaired) electrons. The predicted octanol–water partition coefficient (Wildman–Crippen LogP) is 4.16. The minimum absolute atomic E-state index is 0.0529. The fraction of sp³-hybridized carbons (Fsp3) is 0.429. The van der Waals surface area contributed by atoms with Gasteiger partial charge in [0.1, 0.15) is 0 Å². The standard InChI is InChI=1S/C14H13F6NO3/c1-7(3-12(23)24)2-11(22)21-10-5-8(13(15,16)17)4-9(6-10)14(18,19)20/h4-7H,2-3H2,1H3,(H,21,22)(H,23,24)/t7-/m1/s1. The molecule has 0 spiro atoms. The number of hydrogen-bond donors (Lipinski definition) is 2. The number of alkyl halides is 6. The average Bonchev–Trinajstić information content (AvgIpc) is 2.34. The second-order valence-electron chi connectivity index (χ2n) is 5.25. The van der Waals surface area contributed by atoms with Gasteiger partial charge in [-0.15, -0.1) is 0 Å². The molecule has 0 unspecified atom stereocenters. The molecule has 0 aliphatic rings. The Morgan fingerprint density at radius 1 is 1.00 bits per heavy atom. The van der Waals surface area contributed by atoms with Crippen LogP contribution >= 0.6 is 0 Å². The zero-order valence-electron chi connectivity index (χ0n) is 12.3.